The Kier molecular flexibility index (Phi) is 5.43. The minimum Gasteiger partial charge on any atom is -0.505 e. The maximum atomic E-state index is 12.1. The number of aliphatic hydroxyl groups is 1. The molecule has 134 valence electrons. The molecule has 8 nitrogen and oxygen atoms in total. The molecule has 0 aliphatic rings. The molecule has 0 aliphatic heterocycles. The molecule has 0 fully saturated rings. The van der Waals surface area contributed by atoms with Gasteiger partial charge in [0.05, 0.1) is 17.9 Å². The van der Waals surface area contributed by atoms with Gasteiger partial charge in [-0.1, -0.05) is 13.0 Å². The van der Waals surface area contributed by atoms with Crippen LogP contribution in [0.4, 0.5) is 17.1 Å². The summed E-state index contributed by atoms with van der Waals surface area (Å²) < 4.78 is 0. The lowest BCUT2D eigenvalue weighted by molar-refractivity contribution is 0.0824. The molecule has 1 atom stereocenters. The zero-order chi connectivity index (χ0) is 18.7. The third-order valence-electron chi connectivity index (χ3n) is 3.90. The molecular formula is C17H21N3O5. The lowest BCUT2D eigenvalue weighted by Gasteiger charge is -2.20. The largest absolute Gasteiger partial charge is 0.505 e. The molecule has 8 heteroatoms. The second-order valence-electron chi connectivity index (χ2n) is 5.87. The number of phenolic OH excluding ortho intramolecular Hbond substituents is 1. The van der Waals surface area contributed by atoms with E-state index in [0.717, 1.165) is 0 Å². The van der Waals surface area contributed by atoms with Gasteiger partial charge in [-0.15, -0.1) is 0 Å². The molecule has 0 heterocycles. The van der Waals surface area contributed by atoms with E-state index >= 15 is 0 Å². The van der Waals surface area contributed by atoms with Crippen LogP contribution in [-0.4, -0.2) is 47.8 Å². The quantitative estimate of drug-likeness (QED) is 0.428. The standard InChI is InChI=1S/C17H21N3O5/c1-4-9(8-21)18-12-13(16(24)15(12)23)19-11-7-5-6-10(14(11)22)17(25)20(2)3/h5-7,9,18-19,21-22H,4,8H2,1-3H3/t9-/m0/s1. The zero-order valence-electron chi connectivity index (χ0n) is 14.3. The van der Waals surface area contributed by atoms with Crippen molar-refractivity contribution < 1.29 is 15.0 Å². The van der Waals surface area contributed by atoms with Crippen LogP contribution in [0.5, 0.6) is 5.75 Å². The number of hydrogen-bond acceptors (Lipinski definition) is 7. The first-order chi connectivity index (χ1) is 11.8. The van der Waals surface area contributed by atoms with Gasteiger partial charge in [0.2, 0.25) is 0 Å². The van der Waals surface area contributed by atoms with Gasteiger partial charge in [-0.25, -0.2) is 0 Å². The van der Waals surface area contributed by atoms with Gasteiger partial charge in [0.15, 0.2) is 5.75 Å². The molecule has 0 spiro atoms. The molecule has 0 aliphatic carbocycles. The van der Waals surface area contributed by atoms with Crippen molar-refractivity contribution in [1.82, 2.24) is 4.90 Å². The molecule has 2 aromatic carbocycles. The predicted octanol–water partition coefficient (Wildman–Crippen LogP) is 0.616. The fourth-order valence-corrected chi connectivity index (χ4v) is 2.32. The number of rotatable bonds is 7. The number of aliphatic hydroxyl groups excluding tert-OH is 1. The molecule has 0 saturated heterocycles. The Labute approximate surface area is 144 Å². The summed E-state index contributed by atoms with van der Waals surface area (Å²) in [7, 11) is 3.11. The number of benzene rings is 1. The highest BCUT2D eigenvalue weighted by Crippen LogP contribution is 2.32. The molecular weight excluding hydrogens is 326 g/mol. The molecule has 2 aromatic rings. The lowest BCUT2D eigenvalue weighted by Crippen LogP contribution is -2.39. The summed E-state index contributed by atoms with van der Waals surface area (Å²) in [5.74, 6) is -0.704. The molecule has 0 radical (unpaired) electrons. The molecule has 0 unspecified atom stereocenters. The van der Waals surface area contributed by atoms with Crippen LogP contribution in [0, 0.1) is 0 Å². The minimum atomic E-state index is -0.723. The van der Waals surface area contributed by atoms with E-state index in [1.807, 2.05) is 6.92 Å². The number of amides is 1. The highest BCUT2D eigenvalue weighted by atomic mass is 16.3. The van der Waals surface area contributed by atoms with Crippen LogP contribution < -0.4 is 21.5 Å². The molecule has 1 amide bonds. The minimum absolute atomic E-state index is 0.00153. The molecule has 25 heavy (non-hydrogen) atoms. The Bertz CT molecular complexity index is 848. The van der Waals surface area contributed by atoms with Crippen molar-refractivity contribution in [2.75, 3.05) is 31.3 Å². The van der Waals surface area contributed by atoms with E-state index in [2.05, 4.69) is 10.6 Å². The zero-order valence-corrected chi connectivity index (χ0v) is 14.3. The van der Waals surface area contributed by atoms with Gasteiger partial charge in [-0.3, -0.25) is 14.4 Å². The van der Waals surface area contributed by atoms with Gasteiger partial charge in [-0.2, -0.15) is 0 Å². The summed E-state index contributed by atoms with van der Waals surface area (Å²) in [6.45, 7) is 1.64. The topological polar surface area (TPSA) is 119 Å². The monoisotopic (exact) mass is 347 g/mol. The number of aromatic hydroxyl groups is 1. The van der Waals surface area contributed by atoms with E-state index in [-0.39, 0.29) is 41.0 Å². The van der Waals surface area contributed by atoms with E-state index in [4.69, 9.17) is 0 Å². The fourth-order valence-electron chi connectivity index (χ4n) is 2.32. The maximum absolute atomic E-state index is 12.1. The predicted molar refractivity (Wildman–Crippen MR) is 95.5 cm³/mol. The highest BCUT2D eigenvalue weighted by Gasteiger charge is 2.24. The second kappa shape index (κ2) is 7.35. The van der Waals surface area contributed by atoms with Crippen LogP contribution >= 0.6 is 0 Å². The normalized spacial score (nSPS) is 12.0. The second-order valence-corrected chi connectivity index (χ2v) is 5.87. The van der Waals surface area contributed by atoms with Gasteiger partial charge < -0.3 is 25.7 Å². The van der Waals surface area contributed by atoms with Crippen LogP contribution in [-0.2, 0) is 0 Å². The Morgan fingerprint density at radius 2 is 1.84 bits per heavy atom. The van der Waals surface area contributed by atoms with Gasteiger partial charge in [0.25, 0.3) is 16.8 Å². The van der Waals surface area contributed by atoms with Gasteiger partial charge >= 0.3 is 0 Å². The van der Waals surface area contributed by atoms with Crippen molar-refractivity contribution in [3.8, 4) is 5.75 Å². The first kappa shape index (κ1) is 18.5. The van der Waals surface area contributed by atoms with Gasteiger partial charge in [0.1, 0.15) is 11.4 Å². The fraction of sp³-hybridized carbons (Fsp3) is 0.353. The summed E-state index contributed by atoms with van der Waals surface area (Å²) in [4.78, 5) is 37.0. The van der Waals surface area contributed by atoms with Crippen molar-refractivity contribution in [1.29, 1.82) is 0 Å². The number of para-hydroxylation sites is 1. The van der Waals surface area contributed by atoms with Crippen molar-refractivity contribution in [2.45, 2.75) is 19.4 Å². The number of nitrogens with one attached hydrogen (secondary N) is 2. The summed E-state index contributed by atoms with van der Waals surface area (Å²) in [6.07, 6.45) is 0.562. The molecule has 0 bridgehead atoms. The summed E-state index contributed by atoms with van der Waals surface area (Å²) >= 11 is 0. The lowest BCUT2D eigenvalue weighted by atomic mass is 10.1. The van der Waals surface area contributed by atoms with E-state index in [9.17, 15) is 24.6 Å². The smallest absolute Gasteiger partial charge is 0.257 e. The number of anilines is 3. The van der Waals surface area contributed by atoms with Crippen molar-refractivity contribution in [2.24, 2.45) is 0 Å². The summed E-state index contributed by atoms with van der Waals surface area (Å²) in [5.41, 5.74) is -1.13. The van der Waals surface area contributed by atoms with Crippen molar-refractivity contribution >= 4 is 23.0 Å². The molecule has 4 N–H and O–H groups in total. The first-order valence-electron chi connectivity index (χ1n) is 7.83. The Morgan fingerprint density at radius 1 is 1.20 bits per heavy atom. The van der Waals surface area contributed by atoms with Crippen molar-refractivity contribution in [3.05, 3.63) is 44.2 Å². The average Bonchev–Trinajstić information content (AvgIpc) is 2.61. The van der Waals surface area contributed by atoms with E-state index in [1.165, 1.54) is 17.0 Å². The summed E-state index contributed by atoms with van der Waals surface area (Å²) in [6, 6.07) is 4.15. The van der Waals surface area contributed by atoms with Gasteiger partial charge in [0, 0.05) is 20.1 Å². The third kappa shape index (κ3) is 3.48. The highest BCUT2D eigenvalue weighted by molar-refractivity contribution is 5.99. The Hall–Kier alpha value is -2.87. The van der Waals surface area contributed by atoms with Crippen LogP contribution in [0.2, 0.25) is 0 Å². The first-order valence-corrected chi connectivity index (χ1v) is 7.83. The number of phenols is 1. The molecule has 0 saturated carbocycles. The van der Waals surface area contributed by atoms with Crippen molar-refractivity contribution in [3.63, 3.8) is 0 Å². The average molecular weight is 347 g/mol. The molecule has 2 rings (SSSR count). The van der Waals surface area contributed by atoms with E-state index in [0.29, 0.717) is 6.42 Å². The molecule has 0 aromatic heterocycles. The van der Waals surface area contributed by atoms with E-state index < -0.39 is 16.8 Å². The number of carbonyl (C=O) groups excluding carboxylic acids is 1. The number of nitrogens with zero attached hydrogens (tertiary/aromatic N) is 1. The SMILES string of the molecule is CC[C@@H](CO)Nc1c(Nc2cccc(C(=O)N(C)C)c2O)c(=O)c1=O. The summed E-state index contributed by atoms with van der Waals surface area (Å²) in [5, 5.41) is 25.1. The van der Waals surface area contributed by atoms with Gasteiger partial charge in [-0.05, 0) is 18.6 Å². The van der Waals surface area contributed by atoms with E-state index in [1.54, 1.807) is 20.2 Å². The Balaban J connectivity index is 2.34. The van der Waals surface area contributed by atoms with Crippen LogP contribution in [0.3, 0.4) is 0 Å². The van der Waals surface area contributed by atoms with Crippen LogP contribution in [0.25, 0.3) is 0 Å². The van der Waals surface area contributed by atoms with Crippen LogP contribution in [0.1, 0.15) is 23.7 Å². The van der Waals surface area contributed by atoms with Crippen LogP contribution in [0.15, 0.2) is 27.8 Å². The Morgan fingerprint density at radius 3 is 2.40 bits per heavy atom. The maximum Gasteiger partial charge on any atom is 0.257 e. The number of carbonyl (C=O) groups is 1. The number of hydrogen-bond donors (Lipinski definition) is 4. The third-order valence-corrected chi connectivity index (χ3v) is 3.90.